The van der Waals surface area contributed by atoms with Gasteiger partial charge in [-0.25, -0.2) is 0 Å². The van der Waals surface area contributed by atoms with Gasteiger partial charge in [0.05, 0.1) is 0 Å². The third kappa shape index (κ3) is 1.98. The van der Waals surface area contributed by atoms with Crippen molar-refractivity contribution in [3.8, 4) is 0 Å². The third-order valence-electron chi connectivity index (χ3n) is 2.51. The molecule has 13 heavy (non-hydrogen) atoms. The Morgan fingerprint density at radius 1 is 1.38 bits per heavy atom. The Kier molecular flexibility index (Phi) is 2.45. The first-order chi connectivity index (χ1) is 6.36. The van der Waals surface area contributed by atoms with Crippen LogP contribution in [-0.4, -0.2) is 11.5 Å². The molecule has 1 aliphatic heterocycles. The molecule has 1 aromatic heterocycles. The number of aromatic amines is 1. The van der Waals surface area contributed by atoms with Crippen LogP contribution in [0, 0.1) is 0 Å². The van der Waals surface area contributed by atoms with Crippen LogP contribution in [0.1, 0.15) is 30.9 Å². The van der Waals surface area contributed by atoms with E-state index in [0.29, 0.717) is 6.04 Å². The molecule has 2 heterocycles. The first-order valence-corrected chi connectivity index (χ1v) is 4.78. The average molecular weight is 178 g/mol. The van der Waals surface area contributed by atoms with E-state index in [1.165, 1.54) is 12.8 Å². The zero-order valence-electron chi connectivity index (χ0n) is 7.55. The predicted molar refractivity (Wildman–Crippen MR) is 51.7 cm³/mol. The number of piperidine rings is 1. The number of nitrogens with one attached hydrogen (secondary N) is 2. The summed E-state index contributed by atoms with van der Waals surface area (Å²) in [7, 11) is 0. The van der Waals surface area contributed by atoms with Crippen LogP contribution in [0.4, 0.5) is 0 Å². The Morgan fingerprint density at radius 2 is 2.31 bits per heavy atom. The Bertz CT molecular complexity index is 326. The molecule has 0 unspecified atom stereocenters. The minimum Gasteiger partial charge on any atom is -0.329 e. The minimum atomic E-state index is -0.00938. The minimum absolute atomic E-state index is 0.00938. The van der Waals surface area contributed by atoms with Gasteiger partial charge in [0.2, 0.25) is 5.56 Å². The van der Waals surface area contributed by atoms with Gasteiger partial charge in [0.15, 0.2) is 0 Å². The highest BCUT2D eigenvalue weighted by Gasteiger charge is 2.14. The second-order valence-corrected chi connectivity index (χ2v) is 3.49. The molecule has 2 N–H and O–H groups in total. The molecule has 3 heteroatoms. The van der Waals surface area contributed by atoms with Gasteiger partial charge in [-0.05, 0) is 31.0 Å². The summed E-state index contributed by atoms with van der Waals surface area (Å²) in [5.41, 5.74) is 1.10. The Labute approximate surface area is 77.2 Å². The maximum atomic E-state index is 11.0. The topological polar surface area (TPSA) is 44.9 Å². The quantitative estimate of drug-likeness (QED) is 0.678. The summed E-state index contributed by atoms with van der Waals surface area (Å²) < 4.78 is 0. The Morgan fingerprint density at radius 3 is 3.00 bits per heavy atom. The largest absolute Gasteiger partial charge is 0.329 e. The Hall–Kier alpha value is -1.09. The second-order valence-electron chi connectivity index (χ2n) is 3.49. The summed E-state index contributed by atoms with van der Waals surface area (Å²) in [4.78, 5) is 13.7. The van der Waals surface area contributed by atoms with E-state index in [-0.39, 0.29) is 5.56 Å². The van der Waals surface area contributed by atoms with Crippen LogP contribution in [0.5, 0.6) is 0 Å². The monoisotopic (exact) mass is 178 g/mol. The van der Waals surface area contributed by atoms with E-state index in [0.717, 1.165) is 18.5 Å². The molecular weight excluding hydrogens is 164 g/mol. The van der Waals surface area contributed by atoms with E-state index in [2.05, 4.69) is 10.3 Å². The van der Waals surface area contributed by atoms with Crippen molar-refractivity contribution < 1.29 is 0 Å². The van der Waals surface area contributed by atoms with E-state index in [1.807, 2.05) is 6.07 Å². The van der Waals surface area contributed by atoms with Gasteiger partial charge in [0.1, 0.15) is 0 Å². The molecule has 0 bridgehead atoms. The lowest BCUT2D eigenvalue weighted by molar-refractivity contribution is 0.412. The van der Waals surface area contributed by atoms with Crippen LogP contribution in [0.2, 0.25) is 0 Å². The van der Waals surface area contributed by atoms with Gasteiger partial charge in [-0.1, -0.05) is 6.42 Å². The zero-order valence-corrected chi connectivity index (χ0v) is 7.55. The SMILES string of the molecule is O=c1cc([C@@H]2CCCCN2)cc[nH]1. The maximum absolute atomic E-state index is 11.0. The lowest BCUT2D eigenvalue weighted by atomic mass is 9.99. The van der Waals surface area contributed by atoms with Gasteiger partial charge in [-0.2, -0.15) is 0 Å². The van der Waals surface area contributed by atoms with Crippen molar-refractivity contribution in [2.45, 2.75) is 25.3 Å². The molecular formula is C10H14N2O. The number of H-pyrrole nitrogens is 1. The molecule has 0 aliphatic carbocycles. The van der Waals surface area contributed by atoms with Crippen molar-refractivity contribution in [3.05, 3.63) is 34.2 Å². The normalized spacial score (nSPS) is 22.9. The smallest absolute Gasteiger partial charge is 0.248 e. The number of hydrogen-bond acceptors (Lipinski definition) is 2. The van der Waals surface area contributed by atoms with Gasteiger partial charge < -0.3 is 10.3 Å². The van der Waals surface area contributed by atoms with E-state index >= 15 is 0 Å². The van der Waals surface area contributed by atoms with Crippen LogP contribution < -0.4 is 10.9 Å². The van der Waals surface area contributed by atoms with Crippen molar-refractivity contribution in [2.24, 2.45) is 0 Å². The molecule has 3 nitrogen and oxygen atoms in total. The lowest BCUT2D eigenvalue weighted by Gasteiger charge is -2.23. The highest BCUT2D eigenvalue weighted by Crippen LogP contribution is 2.20. The van der Waals surface area contributed by atoms with Gasteiger partial charge in [-0.3, -0.25) is 4.79 Å². The number of hydrogen-bond donors (Lipinski definition) is 2. The van der Waals surface area contributed by atoms with E-state index in [9.17, 15) is 4.79 Å². The van der Waals surface area contributed by atoms with Gasteiger partial charge >= 0.3 is 0 Å². The molecule has 1 saturated heterocycles. The molecule has 70 valence electrons. The number of rotatable bonds is 1. The third-order valence-corrected chi connectivity index (χ3v) is 2.51. The van der Waals surface area contributed by atoms with Gasteiger partial charge in [-0.15, -0.1) is 0 Å². The summed E-state index contributed by atoms with van der Waals surface area (Å²) >= 11 is 0. The fourth-order valence-corrected chi connectivity index (χ4v) is 1.81. The molecule has 1 aromatic rings. The molecule has 0 amide bonds. The van der Waals surface area contributed by atoms with Crippen LogP contribution in [0.15, 0.2) is 23.1 Å². The maximum Gasteiger partial charge on any atom is 0.248 e. The molecule has 0 aromatic carbocycles. The van der Waals surface area contributed by atoms with Crippen molar-refractivity contribution in [2.75, 3.05) is 6.54 Å². The Balaban J connectivity index is 2.19. The van der Waals surface area contributed by atoms with Crippen molar-refractivity contribution >= 4 is 0 Å². The van der Waals surface area contributed by atoms with Gasteiger partial charge in [0.25, 0.3) is 0 Å². The van der Waals surface area contributed by atoms with Crippen LogP contribution in [0.3, 0.4) is 0 Å². The van der Waals surface area contributed by atoms with E-state index in [1.54, 1.807) is 12.3 Å². The first kappa shape index (κ1) is 8.51. The van der Waals surface area contributed by atoms with Crippen molar-refractivity contribution in [1.29, 1.82) is 0 Å². The standard InChI is InChI=1S/C10H14N2O/c13-10-7-8(4-6-12-10)9-3-1-2-5-11-9/h4,6-7,9,11H,1-3,5H2,(H,12,13)/t9-/m0/s1. The summed E-state index contributed by atoms with van der Waals surface area (Å²) in [6.45, 7) is 1.07. The molecule has 1 fully saturated rings. The summed E-state index contributed by atoms with van der Waals surface area (Å²) in [6.07, 6.45) is 5.36. The number of pyridine rings is 1. The van der Waals surface area contributed by atoms with E-state index < -0.39 is 0 Å². The van der Waals surface area contributed by atoms with Crippen LogP contribution in [0.25, 0.3) is 0 Å². The highest BCUT2D eigenvalue weighted by atomic mass is 16.1. The van der Waals surface area contributed by atoms with Crippen LogP contribution in [-0.2, 0) is 0 Å². The molecule has 1 atom stereocenters. The molecule has 0 spiro atoms. The number of aromatic nitrogens is 1. The van der Waals surface area contributed by atoms with Crippen molar-refractivity contribution in [1.82, 2.24) is 10.3 Å². The zero-order chi connectivity index (χ0) is 9.10. The summed E-state index contributed by atoms with van der Waals surface area (Å²) in [5, 5.41) is 3.41. The molecule has 1 aliphatic rings. The van der Waals surface area contributed by atoms with Crippen LogP contribution >= 0.6 is 0 Å². The lowest BCUT2D eigenvalue weighted by Crippen LogP contribution is -2.27. The first-order valence-electron chi connectivity index (χ1n) is 4.78. The highest BCUT2D eigenvalue weighted by molar-refractivity contribution is 5.15. The molecule has 2 rings (SSSR count). The summed E-state index contributed by atoms with van der Waals surface area (Å²) in [5.74, 6) is 0. The van der Waals surface area contributed by atoms with Crippen molar-refractivity contribution in [3.63, 3.8) is 0 Å². The van der Waals surface area contributed by atoms with Gasteiger partial charge in [0, 0.05) is 18.3 Å². The molecule has 0 saturated carbocycles. The summed E-state index contributed by atoms with van der Waals surface area (Å²) in [6, 6.07) is 4.05. The average Bonchev–Trinajstić information content (AvgIpc) is 2.19. The second kappa shape index (κ2) is 3.75. The fraction of sp³-hybridized carbons (Fsp3) is 0.500. The fourth-order valence-electron chi connectivity index (χ4n) is 1.81. The predicted octanol–water partition coefficient (Wildman–Crippen LogP) is 1.19. The molecule has 0 radical (unpaired) electrons. The van der Waals surface area contributed by atoms with E-state index in [4.69, 9.17) is 0 Å².